The summed E-state index contributed by atoms with van der Waals surface area (Å²) in [6.45, 7) is 5.76. The highest BCUT2D eigenvalue weighted by molar-refractivity contribution is 5.64. The van der Waals surface area contributed by atoms with Crippen LogP contribution in [0.25, 0.3) is 11.5 Å². The van der Waals surface area contributed by atoms with Crippen molar-refractivity contribution in [2.24, 2.45) is 0 Å². The van der Waals surface area contributed by atoms with Crippen molar-refractivity contribution in [3.63, 3.8) is 0 Å². The third-order valence-corrected chi connectivity index (χ3v) is 3.42. The van der Waals surface area contributed by atoms with E-state index in [0.717, 1.165) is 29.2 Å². The molecule has 6 nitrogen and oxygen atoms in total. The topological polar surface area (TPSA) is 68.8 Å². The molecule has 0 amide bonds. The normalized spacial score (nSPS) is 10.8. The van der Waals surface area contributed by atoms with E-state index in [-0.39, 0.29) is 0 Å². The fourth-order valence-electron chi connectivity index (χ4n) is 2.21. The van der Waals surface area contributed by atoms with E-state index < -0.39 is 0 Å². The van der Waals surface area contributed by atoms with Gasteiger partial charge in [0.25, 0.3) is 0 Å². The van der Waals surface area contributed by atoms with Crippen LogP contribution in [0, 0.1) is 6.92 Å². The highest BCUT2D eigenvalue weighted by atomic mass is 16.4. The minimum atomic E-state index is 0.521. The predicted molar refractivity (Wildman–Crippen MR) is 79.7 cm³/mol. The molecule has 2 heterocycles. The number of rotatable bonds is 5. The van der Waals surface area contributed by atoms with E-state index in [0.29, 0.717) is 12.4 Å². The number of benzene rings is 1. The minimum absolute atomic E-state index is 0.521. The second-order valence-electron chi connectivity index (χ2n) is 4.76. The molecule has 6 heteroatoms. The first kappa shape index (κ1) is 13.4. The Hall–Kier alpha value is -2.63. The second kappa shape index (κ2) is 5.78. The van der Waals surface area contributed by atoms with Crippen molar-refractivity contribution in [3.05, 3.63) is 48.4 Å². The first-order valence-electron chi connectivity index (χ1n) is 6.89. The quantitative estimate of drug-likeness (QED) is 0.779. The first-order chi connectivity index (χ1) is 10.3. The van der Waals surface area contributed by atoms with Gasteiger partial charge in [0.15, 0.2) is 0 Å². The summed E-state index contributed by atoms with van der Waals surface area (Å²) in [6.07, 6.45) is 5.14. The summed E-state index contributed by atoms with van der Waals surface area (Å²) in [5.74, 6) is 1.54. The molecule has 0 aliphatic rings. The van der Waals surface area contributed by atoms with Gasteiger partial charge in [0, 0.05) is 30.2 Å². The lowest BCUT2D eigenvalue weighted by molar-refractivity contribution is 0.568. The van der Waals surface area contributed by atoms with Gasteiger partial charge in [-0.2, -0.15) is 0 Å². The molecule has 0 fully saturated rings. The monoisotopic (exact) mass is 283 g/mol. The number of nitrogens with zero attached hydrogens (tertiary/aromatic N) is 4. The van der Waals surface area contributed by atoms with Gasteiger partial charge < -0.3 is 14.3 Å². The average molecular weight is 283 g/mol. The van der Waals surface area contributed by atoms with Gasteiger partial charge in [-0.3, -0.25) is 0 Å². The lowest BCUT2D eigenvalue weighted by Crippen LogP contribution is -2.08. The molecule has 21 heavy (non-hydrogen) atoms. The van der Waals surface area contributed by atoms with Crippen LogP contribution in [-0.2, 0) is 13.1 Å². The van der Waals surface area contributed by atoms with Gasteiger partial charge in [0.1, 0.15) is 5.82 Å². The van der Waals surface area contributed by atoms with Crippen molar-refractivity contribution in [2.45, 2.75) is 26.9 Å². The summed E-state index contributed by atoms with van der Waals surface area (Å²) in [6, 6.07) is 6.03. The number of anilines is 1. The van der Waals surface area contributed by atoms with Gasteiger partial charge in [0.2, 0.25) is 12.3 Å². The standard InChI is InChI=1S/C15H17N5O/c1-3-20-7-6-16-14(20)9-17-13-8-12(5-4-11(13)2)15-19-18-10-21-15/h4-8,10,17H,3,9H2,1-2H3. The molecule has 0 atom stereocenters. The highest BCUT2D eigenvalue weighted by Gasteiger charge is 2.07. The van der Waals surface area contributed by atoms with Crippen molar-refractivity contribution < 1.29 is 4.42 Å². The molecule has 1 aromatic carbocycles. The van der Waals surface area contributed by atoms with Crippen LogP contribution >= 0.6 is 0 Å². The van der Waals surface area contributed by atoms with Crippen LogP contribution in [0.4, 0.5) is 5.69 Å². The zero-order valence-electron chi connectivity index (χ0n) is 12.1. The molecule has 2 aromatic heterocycles. The lowest BCUT2D eigenvalue weighted by atomic mass is 10.1. The van der Waals surface area contributed by atoms with E-state index >= 15 is 0 Å². The van der Waals surface area contributed by atoms with Crippen LogP contribution in [0.15, 0.2) is 41.4 Å². The Labute approximate surface area is 122 Å². The van der Waals surface area contributed by atoms with Crippen LogP contribution in [0.5, 0.6) is 0 Å². The maximum atomic E-state index is 5.23. The van der Waals surface area contributed by atoms with E-state index in [1.54, 1.807) is 0 Å². The Kier molecular flexibility index (Phi) is 3.68. The summed E-state index contributed by atoms with van der Waals surface area (Å²) in [4.78, 5) is 4.36. The number of aryl methyl sites for hydroxylation is 2. The van der Waals surface area contributed by atoms with E-state index in [9.17, 15) is 0 Å². The van der Waals surface area contributed by atoms with Crippen LogP contribution < -0.4 is 5.32 Å². The van der Waals surface area contributed by atoms with Crippen molar-refractivity contribution >= 4 is 5.69 Å². The zero-order valence-corrected chi connectivity index (χ0v) is 12.1. The van der Waals surface area contributed by atoms with E-state index in [1.807, 2.05) is 30.6 Å². The molecular formula is C15H17N5O. The molecule has 0 bridgehead atoms. The number of nitrogens with one attached hydrogen (secondary N) is 1. The average Bonchev–Trinajstić information content (AvgIpc) is 3.17. The summed E-state index contributed by atoms with van der Waals surface area (Å²) in [5.41, 5.74) is 3.10. The largest absolute Gasteiger partial charge is 0.423 e. The minimum Gasteiger partial charge on any atom is -0.423 e. The molecule has 3 aromatic rings. The SMILES string of the molecule is CCn1ccnc1CNc1cc(-c2nnco2)ccc1C. The molecule has 0 saturated heterocycles. The number of aromatic nitrogens is 4. The van der Waals surface area contributed by atoms with Gasteiger partial charge in [0.05, 0.1) is 6.54 Å². The van der Waals surface area contributed by atoms with Crippen molar-refractivity contribution in [1.82, 2.24) is 19.7 Å². The Balaban J connectivity index is 1.80. The van der Waals surface area contributed by atoms with Gasteiger partial charge in [-0.1, -0.05) is 6.07 Å². The Morgan fingerprint density at radius 2 is 2.24 bits per heavy atom. The molecule has 3 rings (SSSR count). The summed E-state index contributed by atoms with van der Waals surface area (Å²) in [7, 11) is 0. The number of hydrogen-bond donors (Lipinski definition) is 1. The van der Waals surface area contributed by atoms with Crippen molar-refractivity contribution in [2.75, 3.05) is 5.32 Å². The molecule has 0 spiro atoms. The molecule has 0 saturated carbocycles. The van der Waals surface area contributed by atoms with Crippen LogP contribution in [0.1, 0.15) is 18.3 Å². The van der Waals surface area contributed by atoms with Crippen molar-refractivity contribution in [1.29, 1.82) is 0 Å². The van der Waals surface area contributed by atoms with Gasteiger partial charge >= 0.3 is 0 Å². The van der Waals surface area contributed by atoms with Gasteiger partial charge in [-0.15, -0.1) is 10.2 Å². The van der Waals surface area contributed by atoms with E-state index in [1.165, 1.54) is 6.39 Å². The number of imidazole rings is 1. The third kappa shape index (κ3) is 2.79. The fourth-order valence-corrected chi connectivity index (χ4v) is 2.21. The molecule has 108 valence electrons. The maximum Gasteiger partial charge on any atom is 0.247 e. The molecular weight excluding hydrogens is 266 g/mol. The Morgan fingerprint density at radius 1 is 1.33 bits per heavy atom. The zero-order chi connectivity index (χ0) is 14.7. The van der Waals surface area contributed by atoms with Crippen LogP contribution in [0.3, 0.4) is 0 Å². The maximum absolute atomic E-state index is 5.23. The fraction of sp³-hybridized carbons (Fsp3) is 0.267. The van der Waals surface area contributed by atoms with E-state index in [4.69, 9.17) is 4.42 Å². The lowest BCUT2D eigenvalue weighted by Gasteiger charge is -2.11. The molecule has 0 aliphatic carbocycles. The highest BCUT2D eigenvalue weighted by Crippen LogP contribution is 2.24. The molecule has 0 aliphatic heterocycles. The molecule has 0 unspecified atom stereocenters. The third-order valence-electron chi connectivity index (χ3n) is 3.42. The van der Waals surface area contributed by atoms with Crippen molar-refractivity contribution in [3.8, 4) is 11.5 Å². The molecule has 1 N–H and O–H groups in total. The summed E-state index contributed by atoms with van der Waals surface area (Å²) in [5, 5.41) is 11.1. The number of hydrogen-bond acceptors (Lipinski definition) is 5. The predicted octanol–water partition coefficient (Wildman–Crippen LogP) is 2.87. The molecule has 0 radical (unpaired) electrons. The van der Waals surface area contributed by atoms with Gasteiger partial charge in [-0.25, -0.2) is 4.98 Å². The van der Waals surface area contributed by atoms with Crippen LogP contribution in [-0.4, -0.2) is 19.7 Å². The van der Waals surface area contributed by atoms with E-state index in [2.05, 4.69) is 38.9 Å². The first-order valence-corrected chi connectivity index (χ1v) is 6.89. The van der Waals surface area contributed by atoms with Crippen LogP contribution in [0.2, 0.25) is 0 Å². The van der Waals surface area contributed by atoms with Gasteiger partial charge in [-0.05, 0) is 31.5 Å². The Bertz CT molecular complexity index is 718. The smallest absolute Gasteiger partial charge is 0.247 e. The second-order valence-corrected chi connectivity index (χ2v) is 4.76. The summed E-state index contributed by atoms with van der Waals surface area (Å²) >= 11 is 0. The Morgan fingerprint density at radius 3 is 3.00 bits per heavy atom. The summed E-state index contributed by atoms with van der Waals surface area (Å²) < 4.78 is 7.35.